The molecule has 0 aromatic carbocycles. The van der Waals surface area contributed by atoms with E-state index in [4.69, 9.17) is 0 Å². The van der Waals surface area contributed by atoms with Crippen molar-refractivity contribution in [2.75, 3.05) is 26.2 Å². The topological polar surface area (TPSA) is 15.3 Å². The molecule has 0 bridgehead atoms. The average molecular weight is 218 g/mol. The third kappa shape index (κ3) is 3.68. The van der Waals surface area contributed by atoms with Crippen molar-refractivity contribution in [2.24, 2.45) is 5.92 Å². The molecule has 15 heavy (non-hydrogen) atoms. The van der Waals surface area contributed by atoms with Crippen LogP contribution in [0.25, 0.3) is 0 Å². The van der Waals surface area contributed by atoms with Gasteiger partial charge in [-0.2, -0.15) is 0 Å². The molecule has 1 aliphatic heterocycles. The summed E-state index contributed by atoms with van der Waals surface area (Å²) in [6.45, 7) is 2.97. The summed E-state index contributed by atoms with van der Waals surface area (Å²) in [5.74, 6) is 0.630. The predicted molar refractivity (Wildman–Crippen MR) is 56.2 cm³/mol. The standard InChI is InChI=1S/C11H20F2N2/c12-11(13)8-15(10-1-2-10)7-9-3-5-14-6-4-9/h9-11,14H,1-8H2. The molecular weight excluding hydrogens is 198 g/mol. The summed E-state index contributed by atoms with van der Waals surface area (Å²) in [6.07, 6.45) is 2.36. The van der Waals surface area contributed by atoms with Gasteiger partial charge in [0.1, 0.15) is 0 Å². The zero-order chi connectivity index (χ0) is 10.7. The summed E-state index contributed by atoms with van der Waals surface area (Å²) < 4.78 is 24.7. The highest BCUT2D eigenvalue weighted by atomic mass is 19.3. The van der Waals surface area contributed by atoms with Crippen LogP contribution in [0.5, 0.6) is 0 Å². The highest BCUT2D eigenvalue weighted by molar-refractivity contribution is 4.86. The van der Waals surface area contributed by atoms with Crippen LogP contribution < -0.4 is 5.32 Å². The van der Waals surface area contributed by atoms with Gasteiger partial charge in [0.05, 0.1) is 6.54 Å². The van der Waals surface area contributed by atoms with Crippen molar-refractivity contribution in [3.05, 3.63) is 0 Å². The third-order valence-corrected chi connectivity index (χ3v) is 3.39. The number of nitrogens with zero attached hydrogens (tertiary/aromatic N) is 1. The molecule has 1 N–H and O–H groups in total. The highest BCUT2D eigenvalue weighted by Gasteiger charge is 2.32. The molecule has 0 unspecified atom stereocenters. The minimum atomic E-state index is -2.17. The van der Waals surface area contributed by atoms with E-state index in [9.17, 15) is 8.78 Å². The molecule has 0 radical (unpaired) electrons. The Morgan fingerprint density at radius 1 is 1.13 bits per heavy atom. The van der Waals surface area contributed by atoms with Crippen molar-refractivity contribution >= 4 is 0 Å². The molecule has 4 heteroatoms. The predicted octanol–water partition coefficient (Wildman–Crippen LogP) is 1.72. The van der Waals surface area contributed by atoms with Crippen LogP contribution >= 0.6 is 0 Å². The monoisotopic (exact) mass is 218 g/mol. The zero-order valence-corrected chi connectivity index (χ0v) is 9.09. The molecule has 0 spiro atoms. The Labute approximate surface area is 90.0 Å². The van der Waals surface area contributed by atoms with E-state index in [1.54, 1.807) is 0 Å². The van der Waals surface area contributed by atoms with Crippen molar-refractivity contribution in [1.29, 1.82) is 0 Å². The molecule has 88 valence electrons. The Kier molecular flexibility index (Phi) is 3.92. The number of nitrogens with one attached hydrogen (secondary N) is 1. The number of hydrogen-bond donors (Lipinski definition) is 1. The van der Waals surface area contributed by atoms with Gasteiger partial charge in [0.2, 0.25) is 0 Å². The first kappa shape index (κ1) is 11.3. The minimum absolute atomic E-state index is 0.0193. The van der Waals surface area contributed by atoms with E-state index < -0.39 is 6.43 Å². The molecular formula is C11H20F2N2. The molecule has 1 saturated heterocycles. The SMILES string of the molecule is FC(F)CN(CC1CCNCC1)C1CC1. The maximum absolute atomic E-state index is 12.4. The van der Waals surface area contributed by atoms with Crippen molar-refractivity contribution in [1.82, 2.24) is 10.2 Å². The van der Waals surface area contributed by atoms with Crippen molar-refractivity contribution in [2.45, 2.75) is 38.2 Å². The van der Waals surface area contributed by atoms with Crippen molar-refractivity contribution in [3.8, 4) is 0 Å². The fourth-order valence-electron chi connectivity index (χ4n) is 2.39. The number of piperidine rings is 1. The summed E-state index contributed by atoms with van der Waals surface area (Å²) in [4.78, 5) is 2.01. The van der Waals surface area contributed by atoms with Crippen LogP contribution in [0.3, 0.4) is 0 Å². The van der Waals surface area contributed by atoms with Crippen LogP contribution in [0.1, 0.15) is 25.7 Å². The normalized spacial score (nSPS) is 24.0. The summed E-state index contributed by atoms with van der Waals surface area (Å²) in [5, 5.41) is 3.31. The molecule has 1 saturated carbocycles. The lowest BCUT2D eigenvalue weighted by Gasteiger charge is -2.29. The van der Waals surface area contributed by atoms with Gasteiger partial charge in [0.15, 0.2) is 0 Å². The molecule has 0 amide bonds. The maximum Gasteiger partial charge on any atom is 0.251 e. The van der Waals surface area contributed by atoms with E-state index >= 15 is 0 Å². The number of hydrogen-bond acceptors (Lipinski definition) is 2. The lowest BCUT2D eigenvalue weighted by Crippen LogP contribution is -2.39. The van der Waals surface area contributed by atoms with E-state index in [2.05, 4.69) is 5.32 Å². The molecule has 2 aliphatic rings. The second kappa shape index (κ2) is 5.21. The quantitative estimate of drug-likeness (QED) is 0.756. The van der Waals surface area contributed by atoms with Gasteiger partial charge in [-0.1, -0.05) is 0 Å². The van der Waals surface area contributed by atoms with Crippen molar-refractivity contribution < 1.29 is 8.78 Å². The minimum Gasteiger partial charge on any atom is -0.317 e. The fraction of sp³-hybridized carbons (Fsp3) is 1.00. The lowest BCUT2D eigenvalue weighted by molar-refractivity contribution is 0.0723. The molecule has 1 heterocycles. The van der Waals surface area contributed by atoms with Gasteiger partial charge in [-0.05, 0) is 44.7 Å². The first-order valence-corrected chi connectivity index (χ1v) is 5.98. The number of alkyl halides is 2. The van der Waals surface area contributed by atoms with Crippen LogP contribution in [0.2, 0.25) is 0 Å². The second-order valence-electron chi connectivity index (χ2n) is 4.77. The van der Waals surface area contributed by atoms with Crippen LogP contribution in [0, 0.1) is 5.92 Å². The Balaban J connectivity index is 1.77. The zero-order valence-electron chi connectivity index (χ0n) is 9.09. The van der Waals surface area contributed by atoms with Gasteiger partial charge in [-0.15, -0.1) is 0 Å². The largest absolute Gasteiger partial charge is 0.317 e. The summed E-state index contributed by atoms with van der Waals surface area (Å²) >= 11 is 0. The summed E-state index contributed by atoms with van der Waals surface area (Å²) in [5.41, 5.74) is 0. The van der Waals surface area contributed by atoms with Crippen LogP contribution in [-0.4, -0.2) is 43.5 Å². The second-order valence-corrected chi connectivity index (χ2v) is 4.77. The van der Waals surface area contributed by atoms with Crippen LogP contribution in [0.15, 0.2) is 0 Å². The molecule has 2 rings (SSSR count). The Morgan fingerprint density at radius 3 is 2.33 bits per heavy atom. The van der Waals surface area contributed by atoms with Crippen LogP contribution in [0.4, 0.5) is 8.78 Å². The highest BCUT2D eigenvalue weighted by Crippen LogP contribution is 2.29. The third-order valence-electron chi connectivity index (χ3n) is 3.39. The summed E-state index contributed by atoms with van der Waals surface area (Å²) in [7, 11) is 0. The average Bonchev–Trinajstić information content (AvgIpc) is 3.01. The van der Waals surface area contributed by atoms with Crippen LogP contribution in [-0.2, 0) is 0 Å². The fourth-order valence-corrected chi connectivity index (χ4v) is 2.39. The molecule has 2 nitrogen and oxygen atoms in total. The van der Waals surface area contributed by atoms with Crippen molar-refractivity contribution in [3.63, 3.8) is 0 Å². The molecule has 0 aromatic rings. The molecule has 2 fully saturated rings. The van der Waals surface area contributed by atoms with E-state index in [0.29, 0.717) is 12.0 Å². The number of rotatable bonds is 5. The van der Waals surface area contributed by atoms with Gasteiger partial charge < -0.3 is 5.32 Å². The Bertz CT molecular complexity index is 189. The van der Waals surface area contributed by atoms with Gasteiger partial charge in [0.25, 0.3) is 6.43 Å². The maximum atomic E-state index is 12.4. The first-order valence-electron chi connectivity index (χ1n) is 5.98. The first-order chi connectivity index (χ1) is 7.25. The van der Waals surface area contributed by atoms with Gasteiger partial charge in [-0.3, -0.25) is 4.90 Å². The van der Waals surface area contributed by atoms with Gasteiger partial charge in [0, 0.05) is 12.6 Å². The lowest BCUT2D eigenvalue weighted by atomic mass is 9.97. The van der Waals surface area contributed by atoms with E-state index in [1.807, 2.05) is 4.90 Å². The Hall–Kier alpha value is -0.220. The number of halogens is 2. The summed E-state index contributed by atoms with van der Waals surface area (Å²) in [6, 6.07) is 0.467. The van der Waals surface area contributed by atoms with Gasteiger partial charge in [-0.25, -0.2) is 8.78 Å². The smallest absolute Gasteiger partial charge is 0.251 e. The Morgan fingerprint density at radius 2 is 1.80 bits per heavy atom. The molecule has 0 atom stereocenters. The van der Waals surface area contributed by atoms with E-state index in [0.717, 1.165) is 45.3 Å². The molecule has 1 aliphatic carbocycles. The van der Waals surface area contributed by atoms with Gasteiger partial charge >= 0.3 is 0 Å². The van der Waals surface area contributed by atoms with E-state index in [1.165, 1.54) is 0 Å². The molecule has 0 aromatic heterocycles. The van der Waals surface area contributed by atoms with E-state index in [-0.39, 0.29) is 6.54 Å².